The lowest BCUT2D eigenvalue weighted by atomic mass is 10.3. The highest BCUT2D eigenvalue weighted by atomic mass is 14.8. The lowest BCUT2D eigenvalue weighted by molar-refractivity contribution is 1.37. The van der Waals surface area contributed by atoms with Gasteiger partial charge in [0.1, 0.15) is 6.07 Å². The van der Waals surface area contributed by atoms with Crippen molar-refractivity contribution in [1.82, 2.24) is 9.97 Å². The van der Waals surface area contributed by atoms with E-state index in [1.165, 1.54) is 0 Å². The average Bonchev–Trinajstić information content (AvgIpc) is 2.53. The zero-order valence-electron chi connectivity index (χ0n) is 6.10. The minimum Gasteiger partial charge on any atom is -0.359 e. The number of nitrogens with one attached hydrogen (secondary N) is 2. The van der Waals surface area contributed by atoms with E-state index in [9.17, 15) is 0 Å². The van der Waals surface area contributed by atoms with Crippen molar-refractivity contribution >= 4 is 11.0 Å². The first kappa shape index (κ1) is 6.05. The second kappa shape index (κ2) is 1.89. The van der Waals surface area contributed by atoms with Gasteiger partial charge in [-0.15, -0.1) is 0 Å². The molecule has 0 saturated carbocycles. The van der Waals surface area contributed by atoms with Crippen LogP contribution in [0.5, 0.6) is 0 Å². The molecule has 0 bridgehead atoms. The quantitative estimate of drug-likeness (QED) is 0.582. The minimum absolute atomic E-state index is 0.674. The first-order chi connectivity index (χ1) is 5.33. The number of nitriles is 1. The van der Waals surface area contributed by atoms with Gasteiger partial charge in [-0.3, -0.25) is 0 Å². The van der Waals surface area contributed by atoms with Crippen molar-refractivity contribution in [3.63, 3.8) is 0 Å². The van der Waals surface area contributed by atoms with Gasteiger partial charge in [-0.2, -0.15) is 5.26 Å². The number of aromatic amines is 2. The van der Waals surface area contributed by atoms with Crippen molar-refractivity contribution in [3.8, 4) is 6.07 Å². The van der Waals surface area contributed by atoms with Gasteiger partial charge in [0, 0.05) is 12.4 Å². The number of aromatic nitrogens is 2. The van der Waals surface area contributed by atoms with E-state index >= 15 is 0 Å². The summed E-state index contributed by atoms with van der Waals surface area (Å²) in [6.45, 7) is 2.00. The molecule has 0 unspecified atom stereocenters. The van der Waals surface area contributed by atoms with Crippen molar-refractivity contribution in [1.29, 1.82) is 5.26 Å². The summed E-state index contributed by atoms with van der Waals surface area (Å²) >= 11 is 0. The van der Waals surface area contributed by atoms with E-state index in [1.54, 1.807) is 6.20 Å². The van der Waals surface area contributed by atoms with E-state index in [0.717, 1.165) is 16.6 Å². The standard InChI is InChI=1S/C8H7N3/c1-5-3-10-8-6(2-9)4-11-7(5)8/h3-4,10-11H,1H3. The van der Waals surface area contributed by atoms with Crippen LogP contribution < -0.4 is 0 Å². The summed E-state index contributed by atoms with van der Waals surface area (Å²) in [4.78, 5) is 6.07. The normalized spacial score (nSPS) is 10.2. The molecule has 0 aliphatic carbocycles. The molecule has 11 heavy (non-hydrogen) atoms. The number of hydrogen-bond donors (Lipinski definition) is 2. The minimum atomic E-state index is 0.674. The zero-order chi connectivity index (χ0) is 7.84. The Hall–Kier alpha value is -1.69. The summed E-state index contributed by atoms with van der Waals surface area (Å²) in [5.41, 5.74) is 3.75. The van der Waals surface area contributed by atoms with E-state index in [-0.39, 0.29) is 0 Å². The topological polar surface area (TPSA) is 55.4 Å². The lowest BCUT2D eigenvalue weighted by Gasteiger charge is -1.77. The third kappa shape index (κ3) is 0.665. The summed E-state index contributed by atoms with van der Waals surface area (Å²) < 4.78 is 0. The number of fused-ring (bicyclic) bond motifs is 1. The third-order valence-electron chi connectivity index (χ3n) is 1.83. The smallest absolute Gasteiger partial charge is 0.103 e. The summed E-state index contributed by atoms with van der Waals surface area (Å²) in [6, 6.07) is 2.10. The molecule has 0 fully saturated rings. The van der Waals surface area contributed by atoms with Crippen molar-refractivity contribution in [2.45, 2.75) is 6.92 Å². The maximum absolute atomic E-state index is 8.64. The molecule has 0 saturated heterocycles. The van der Waals surface area contributed by atoms with Gasteiger partial charge in [-0.25, -0.2) is 0 Å². The molecule has 2 aromatic heterocycles. The Labute approximate surface area is 63.7 Å². The van der Waals surface area contributed by atoms with Gasteiger partial charge in [-0.05, 0) is 12.5 Å². The molecule has 2 heterocycles. The fraction of sp³-hybridized carbons (Fsp3) is 0.125. The summed E-state index contributed by atoms with van der Waals surface area (Å²) in [5.74, 6) is 0. The van der Waals surface area contributed by atoms with Gasteiger partial charge in [0.2, 0.25) is 0 Å². The monoisotopic (exact) mass is 145 g/mol. The molecule has 0 amide bonds. The van der Waals surface area contributed by atoms with E-state index in [4.69, 9.17) is 5.26 Å². The second-order valence-corrected chi connectivity index (χ2v) is 2.54. The van der Waals surface area contributed by atoms with Crippen LogP contribution in [0.15, 0.2) is 12.4 Å². The Kier molecular flexibility index (Phi) is 1.04. The SMILES string of the molecule is Cc1c[nH]c2c(C#N)c[nH]c12. The Morgan fingerprint density at radius 3 is 2.73 bits per heavy atom. The molecule has 0 radical (unpaired) electrons. The van der Waals surface area contributed by atoms with Gasteiger partial charge in [0.05, 0.1) is 16.6 Å². The van der Waals surface area contributed by atoms with Crippen molar-refractivity contribution in [2.75, 3.05) is 0 Å². The van der Waals surface area contributed by atoms with Gasteiger partial charge in [-0.1, -0.05) is 0 Å². The highest BCUT2D eigenvalue weighted by Gasteiger charge is 2.05. The predicted octanol–water partition coefficient (Wildman–Crippen LogP) is 1.68. The van der Waals surface area contributed by atoms with Crippen molar-refractivity contribution in [3.05, 3.63) is 23.5 Å². The Morgan fingerprint density at radius 2 is 2.00 bits per heavy atom. The number of rotatable bonds is 0. The van der Waals surface area contributed by atoms with Crippen LogP contribution >= 0.6 is 0 Å². The van der Waals surface area contributed by atoms with Crippen LogP contribution in [0, 0.1) is 18.3 Å². The van der Waals surface area contributed by atoms with Crippen LogP contribution in [0.2, 0.25) is 0 Å². The molecule has 2 rings (SSSR count). The molecular formula is C8H7N3. The molecule has 54 valence electrons. The maximum atomic E-state index is 8.64. The number of aryl methyl sites for hydroxylation is 1. The van der Waals surface area contributed by atoms with Crippen LogP contribution in [-0.4, -0.2) is 9.97 Å². The molecule has 0 aliphatic rings. The Morgan fingerprint density at radius 1 is 1.27 bits per heavy atom. The fourth-order valence-corrected chi connectivity index (χ4v) is 1.23. The Bertz CT molecular complexity index is 428. The molecule has 0 aromatic carbocycles. The van der Waals surface area contributed by atoms with E-state index < -0.39 is 0 Å². The second-order valence-electron chi connectivity index (χ2n) is 2.54. The van der Waals surface area contributed by atoms with E-state index in [0.29, 0.717) is 5.56 Å². The number of nitrogens with zero attached hydrogens (tertiary/aromatic N) is 1. The molecular weight excluding hydrogens is 138 g/mol. The maximum Gasteiger partial charge on any atom is 0.103 e. The third-order valence-corrected chi connectivity index (χ3v) is 1.83. The average molecular weight is 145 g/mol. The molecule has 3 nitrogen and oxygen atoms in total. The molecule has 0 atom stereocenters. The van der Waals surface area contributed by atoms with Crippen LogP contribution in [-0.2, 0) is 0 Å². The molecule has 2 N–H and O–H groups in total. The van der Waals surface area contributed by atoms with Crippen molar-refractivity contribution < 1.29 is 0 Å². The lowest BCUT2D eigenvalue weighted by Crippen LogP contribution is -1.65. The Balaban J connectivity index is 2.90. The van der Waals surface area contributed by atoms with Crippen molar-refractivity contribution in [2.24, 2.45) is 0 Å². The number of H-pyrrole nitrogens is 2. The van der Waals surface area contributed by atoms with Gasteiger partial charge < -0.3 is 9.97 Å². The zero-order valence-corrected chi connectivity index (χ0v) is 6.10. The highest BCUT2D eigenvalue weighted by Crippen LogP contribution is 2.18. The molecule has 0 aliphatic heterocycles. The van der Waals surface area contributed by atoms with Crippen LogP contribution in [0.1, 0.15) is 11.1 Å². The number of hydrogen-bond acceptors (Lipinski definition) is 1. The first-order valence-corrected chi connectivity index (χ1v) is 3.38. The van der Waals surface area contributed by atoms with E-state index in [1.807, 2.05) is 13.1 Å². The largest absolute Gasteiger partial charge is 0.359 e. The van der Waals surface area contributed by atoms with Crippen LogP contribution in [0.25, 0.3) is 11.0 Å². The predicted molar refractivity (Wildman–Crippen MR) is 42.1 cm³/mol. The summed E-state index contributed by atoms with van der Waals surface area (Å²) in [7, 11) is 0. The molecule has 2 aromatic rings. The highest BCUT2D eigenvalue weighted by molar-refractivity contribution is 5.84. The summed E-state index contributed by atoms with van der Waals surface area (Å²) in [6.07, 6.45) is 3.61. The first-order valence-electron chi connectivity index (χ1n) is 3.38. The molecule has 3 heteroatoms. The fourth-order valence-electron chi connectivity index (χ4n) is 1.23. The van der Waals surface area contributed by atoms with E-state index in [2.05, 4.69) is 16.0 Å². The van der Waals surface area contributed by atoms with Gasteiger partial charge in [0.25, 0.3) is 0 Å². The molecule has 0 spiro atoms. The van der Waals surface area contributed by atoms with Gasteiger partial charge >= 0.3 is 0 Å². The van der Waals surface area contributed by atoms with Crippen LogP contribution in [0.3, 0.4) is 0 Å². The van der Waals surface area contributed by atoms with Crippen LogP contribution in [0.4, 0.5) is 0 Å². The summed E-state index contributed by atoms with van der Waals surface area (Å²) in [5, 5.41) is 8.64. The van der Waals surface area contributed by atoms with Gasteiger partial charge in [0.15, 0.2) is 0 Å².